The van der Waals surface area contributed by atoms with Gasteiger partial charge < -0.3 is 9.84 Å². The summed E-state index contributed by atoms with van der Waals surface area (Å²) >= 11 is 0. The largest absolute Gasteiger partial charge is 0.507 e. The second-order valence-electron chi connectivity index (χ2n) is 9.93. The number of phenols is 1. The molecule has 1 atom stereocenters. The quantitative estimate of drug-likeness (QED) is 0.262. The van der Waals surface area contributed by atoms with Crippen molar-refractivity contribution in [3.8, 4) is 5.75 Å². The number of phenolic OH excluding ortho intramolecular Hbond substituents is 1. The molecule has 1 aromatic rings. The van der Waals surface area contributed by atoms with Crippen molar-refractivity contribution in [3.05, 3.63) is 28.3 Å². The topological polar surface area (TPSA) is 46.5 Å². The van der Waals surface area contributed by atoms with Gasteiger partial charge in [0.2, 0.25) is 0 Å². The van der Waals surface area contributed by atoms with Crippen LogP contribution in [0, 0.1) is 13.8 Å². The zero-order valence-electron chi connectivity index (χ0n) is 20.7. The summed E-state index contributed by atoms with van der Waals surface area (Å²) in [6.07, 6.45) is 12.7. The molecule has 0 aliphatic rings. The number of carbonyl (C=O) groups excluding carboxylic acids is 1. The molecule has 0 aliphatic heterocycles. The first kappa shape index (κ1) is 26.5. The summed E-state index contributed by atoms with van der Waals surface area (Å²) in [4.78, 5) is 12.6. The van der Waals surface area contributed by atoms with Gasteiger partial charge >= 0.3 is 5.97 Å². The highest BCUT2D eigenvalue weighted by molar-refractivity contribution is 5.79. The molecule has 0 fully saturated rings. The van der Waals surface area contributed by atoms with Crippen LogP contribution in [0.25, 0.3) is 0 Å². The Morgan fingerprint density at radius 1 is 0.933 bits per heavy atom. The summed E-state index contributed by atoms with van der Waals surface area (Å²) in [5.74, 6) is -0.151. The Labute approximate surface area is 185 Å². The Kier molecular flexibility index (Phi) is 11.5. The molecule has 0 heterocycles. The fourth-order valence-corrected chi connectivity index (χ4v) is 3.96. The fourth-order valence-electron chi connectivity index (χ4n) is 3.96. The number of carbonyl (C=O) groups is 1. The Morgan fingerprint density at radius 2 is 1.43 bits per heavy atom. The molecule has 1 rings (SSSR count). The number of hydrogen-bond acceptors (Lipinski definition) is 3. The maximum Gasteiger partial charge on any atom is 0.313 e. The Morgan fingerprint density at radius 3 is 1.93 bits per heavy atom. The predicted molar refractivity (Wildman–Crippen MR) is 127 cm³/mol. The minimum Gasteiger partial charge on any atom is -0.507 e. The number of rotatable bonds is 13. The fraction of sp³-hybridized carbons (Fsp3) is 0.741. The molecular formula is C27H46O3. The molecule has 0 aliphatic carbocycles. The third-order valence-electron chi connectivity index (χ3n) is 6.28. The molecule has 0 spiro atoms. The predicted octanol–water partition coefficient (Wildman–Crippen LogP) is 7.87. The lowest BCUT2D eigenvalue weighted by molar-refractivity contribution is -0.145. The molecule has 1 N–H and O–H groups in total. The SMILES string of the molecule is CCCCCCCCCCCCOC(=O)C(C)c1cc(C(C)(C)C)c(O)c(C)c1C. The first-order chi connectivity index (χ1) is 14.1. The van der Waals surface area contributed by atoms with Crippen LogP contribution in [-0.4, -0.2) is 17.7 Å². The van der Waals surface area contributed by atoms with Crippen molar-refractivity contribution in [2.75, 3.05) is 6.61 Å². The van der Waals surface area contributed by atoms with E-state index in [0.29, 0.717) is 12.4 Å². The van der Waals surface area contributed by atoms with E-state index < -0.39 is 0 Å². The lowest BCUT2D eigenvalue weighted by Gasteiger charge is -2.25. The highest BCUT2D eigenvalue weighted by Crippen LogP contribution is 2.38. The molecular weight excluding hydrogens is 372 g/mol. The van der Waals surface area contributed by atoms with E-state index >= 15 is 0 Å². The van der Waals surface area contributed by atoms with E-state index in [9.17, 15) is 9.90 Å². The monoisotopic (exact) mass is 418 g/mol. The average molecular weight is 419 g/mol. The molecule has 0 bridgehead atoms. The van der Waals surface area contributed by atoms with Crippen LogP contribution in [0.2, 0.25) is 0 Å². The summed E-state index contributed by atoms with van der Waals surface area (Å²) in [7, 11) is 0. The Hall–Kier alpha value is -1.51. The van der Waals surface area contributed by atoms with Gasteiger partial charge in [-0.3, -0.25) is 4.79 Å². The second-order valence-corrected chi connectivity index (χ2v) is 9.93. The molecule has 0 aromatic heterocycles. The molecule has 30 heavy (non-hydrogen) atoms. The van der Waals surface area contributed by atoms with E-state index in [1.54, 1.807) is 0 Å². The first-order valence-electron chi connectivity index (χ1n) is 12.1. The number of aromatic hydroxyl groups is 1. The van der Waals surface area contributed by atoms with Crippen LogP contribution < -0.4 is 0 Å². The van der Waals surface area contributed by atoms with E-state index in [4.69, 9.17) is 4.74 Å². The van der Waals surface area contributed by atoms with Crippen LogP contribution >= 0.6 is 0 Å². The number of benzene rings is 1. The molecule has 1 unspecified atom stereocenters. The highest BCUT2D eigenvalue weighted by Gasteiger charge is 2.26. The van der Waals surface area contributed by atoms with Crippen LogP contribution in [-0.2, 0) is 14.9 Å². The zero-order chi connectivity index (χ0) is 22.7. The standard InChI is InChI=1S/C27H46O3/c1-8-9-10-11-12-13-14-15-16-17-18-30-26(29)22(4)23-19-24(27(5,6)7)25(28)21(3)20(23)2/h19,22,28H,8-18H2,1-7H3. The number of hydrogen-bond donors (Lipinski definition) is 1. The van der Waals surface area contributed by atoms with E-state index in [0.717, 1.165) is 35.1 Å². The van der Waals surface area contributed by atoms with Crippen molar-refractivity contribution in [3.63, 3.8) is 0 Å². The van der Waals surface area contributed by atoms with Crippen molar-refractivity contribution < 1.29 is 14.6 Å². The summed E-state index contributed by atoms with van der Waals surface area (Å²) in [6, 6.07) is 1.99. The maximum absolute atomic E-state index is 12.6. The van der Waals surface area contributed by atoms with E-state index in [2.05, 4.69) is 27.7 Å². The first-order valence-corrected chi connectivity index (χ1v) is 12.1. The van der Waals surface area contributed by atoms with Crippen LogP contribution in [0.15, 0.2) is 6.07 Å². The zero-order valence-corrected chi connectivity index (χ0v) is 20.7. The minimum atomic E-state index is -0.325. The average Bonchev–Trinajstić information content (AvgIpc) is 2.68. The Balaban J connectivity index is 2.44. The Bertz CT molecular complexity index is 655. The van der Waals surface area contributed by atoms with Crippen LogP contribution in [0.4, 0.5) is 0 Å². The third-order valence-corrected chi connectivity index (χ3v) is 6.28. The maximum atomic E-state index is 12.6. The number of unbranched alkanes of at least 4 members (excludes halogenated alkanes) is 9. The summed E-state index contributed by atoms with van der Waals surface area (Å²) in [5.41, 5.74) is 3.49. The van der Waals surface area contributed by atoms with Crippen molar-refractivity contribution in [2.24, 2.45) is 0 Å². The third kappa shape index (κ3) is 8.32. The normalized spacial score (nSPS) is 12.8. The molecule has 3 heteroatoms. The second kappa shape index (κ2) is 13.0. The van der Waals surface area contributed by atoms with Gasteiger partial charge in [-0.15, -0.1) is 0 Å². The van der Waals surface area contributed by atoms with Gasteiger partial charge in [-0.25, -0.2) is 0 Å². The number of ether oxygens (including phenoxy) is 1. The van der Waals surface area contributed by atoms with Gasteiger partial charge in [0, 0.05) is 0 Å². The van der Waals surface area contributed by atoms with E-state index in [1.165, 1.54) is 51.4 Å². The minimum absolute atomic E-state index is 0.168. The lowest BCUT2D eigenvalue weighted by Crippen LogP contribution is -2.18. The lowest BCUT2D eigenvalue weighted by atomic mass is 9.80. The van der Waals surface area contributed by atoms with Crippen molar-refractivity contribution in [1.82, 2.24) is 0 Å². The highest BCUT2D eigenvalue weighted by atomic mass is 16.5. The molecule has 0 radical (unpaired) electrons. The van der Waals surface area contributed by atoms with Crippen molar-refractivity contribution in [2.45, 2.75) is 124 Å². The summed E-state index contributed by atoms with van der Waals surface area (Å²) in [6.45, 7) is 14.8. The van der Waals surface area contributed by atoms with Gasteiger partial charge in [-0.05, 0) is 54.9 Å². The van der Waals surface area contributed by atoms with Crippen LogP contribution in [0.1, 0.15) is 127 Å². The van der Waals surface area contributed by atoms with Crippen LogP contribution in [0.5, 0.6) is 5.75 Å². The smallest absolute Gasteiger partial charge is 0.313 e. The molecule has 0 saturated carbocycles. The molecule has 0 saturated heterocycles. The van der Waals surface area contributed by atoms with Gasteiger partial charge in [0.1, 0.15) is 5.75 Å². The van der Waals surface area contributed by atoms with Gasteiger partial charge in [0.05, 0.1) is 12.5 Å². The van der Waals surface area contributed by atoms with E-state index in [1.807, 2.05) is 26.8 Å². The van der Waals surface area contributed by atoms with E-state index in [-0.39, 0.29) is 17.3 Å². The molecule has 3 nitrogen and oxygen atoms in total. The van der Waals surface area contributed by atoms with Crippen molar-refractivity contribution in [1.29, 1.82) is 0 Å². The van der Waals surface area contributed by atoms with Gasteiger partial charge in [-0.2, -0.15) is 0 Å². The van der Waals surface area contributed by atoms with Crippen LogP contribution in [0.3, 0.4) is 0 Å². The molecule has 172 valence electrons. The molecule has 0 amide bonds. The number of esters is 1. The summed E-state index contributed by atoms with van der Waals surface area (Å²) < 4.78 is 5.58. The van der Waals surface area contributed by atoms with Crippen molar-refractivity contribution >= 4 is 5.97 Å². The van der Waals surface area contributed by atoms with Gasteiger partial charge in [-0.1, -0.05) is 91.5 Å². The van der Waals surface area contributed by atoms with Gasteiger partial charge in [0.25, 0.3) is 0 Å². The summed E-state index contributed by atoms with van der Waals surface area (Å²) in [5, 5.41) is 10.6. The van der Waals surface area contributed by atoms with Gasteiger partial charge in [0.15, 0.2) is 0 Å². The molecule has 1 aromatic carbocycles.